The van der Waals surface area contributed by atoms with Crippen LogP contribution in [0.5, 0.6) is 0 Å². The monoisotopic (exact) mass is 345 g/mol. The lowest BCUT2D eigenvalue weighted by molar-refractivity contribution is -0.146. The summed E-state index contributed by atoms with van der Waals surface area (Å²) in [4.78, 5) is 23.7. The fraction of sp³-hybridized carbons (Fsp3) is 0.389. The van der Waals surface area contributed by atoms with Crippen molar-refractivity contribution in [3.63, 3.8) is 0 Å². The van der Waals surface area contributed by atoms with Crippen molar-refractivity contribution in [1.82, 2.24) is 15.1 Å². The van der Waals surface area contributed by atoms with Gasteiger partial charge in [0.1, 0.15) is 11.5 Å². The Morgan fingerprint density at radius 1 is 1.32 bits per heavy atom. The molecule has 0 saturated carbocycles. The molecular formula is C18H20FN3O3. The summed E-state index contributed by atoms with van der Waals surface area (Å²) in [5.74, 6) is -1.82. The van der Waals surface area contributed by atoms with Gasteiger partial charge in [0, 0.05) is 17.8 Å². The lowest BCUT2D eigenvalue weighted by Crippen LogP contribution is -2.39. The van der Waals surface area contributed by atoms with E-state index in [1.807, 2.05) is 0 Å². The number of amides is 1. The van der Waals surface area contributed by atoms with Crippen LogP contribution < -0.4 is 5.32 Å². The number of nitrogens with one attached hydrogen (secondary N) is 1. The van der Waals surface area contributed by atoms with Crippen LogP contribution in [0.25, 0.3) is 5.69 Å². The number of para-hydroxylation sites is 1. The number of carboxylic acid groups (broad SMARTS) is 1. The van der Waals surface area contributed by atoms with Crippen molar-refractivity contribution in [1.29, 1.82) is 0 Å². The third kappa shape index (κ3) is 3.14. The van der Waals surface area contributed by atoms with Gasteiger partial charge >= 0.3 is 5.97 Å². The Bertz CT molecular complexity index is 842. The molecule has 0 fully saturated rings. The van der Waals surface area contributed by atoms with E-state index in [0.717, 1.165) is 24.1 Å². The van der Waals surface area contributed by atoms with Gasteiger partial charge in [-0.25, -0.2) is 9.07 Å². The highest BCUT2D eigenvalue weighted by Crippen LogP contribution is 2.28. The van der Waals surface area contributed by atoms with E-state index < -0.39 is 23.1 Å². The van der Waals surface area contributed by atoms with Gasteiger partial charge in [-0.3, -0.25) is 9.59 Å². The van der Waals surface area contributed by atoms with E-state index in [2.05, 4.69) is 10.4 Å². The first-order chi connectivity index (χ1) is 11.8. The van der Waals surface area contributed by atoms with Gasteiger partial charge in [-0.1, -0.05) is 12.1 Å². The Morgan fingerprint density at radius 2 is 2.04 bits per heavy atom. The van der Waals surface area contributed by atoms with Crippen LogP contribution >= 0.6 is 0 Å². The Hall–Kier alpha value is -2.70. The average molecular weight is 345 g/mol. The van der Waals surface area contributed by atoms with Gasteiger partial charge in [0.05, 0.1) is 5.41 Å². The largest absolute Gasteiger partial charge is 0.481 e. The van der Waals surface area contributed by atoms with Crippen LogP contribution in [-0.4, -0.2) is 33.3 Å². The molecule has 1 aliphatic rings. The minimum atomic E-state index is -1.08. The lowest BCUT2D eigenvalue weighted by Gasteiger charge is -2.19. The van der Waals surface area contributed by atoms with Crippen molar-refractivity contribution in [2.45, 2.75) is 33.1 Å². The van der Waals surface area contributed by atoms with Gasteiger partial charge in [-0.05, 0) is 45.2 Å². The predicted octanol–water partition coefficient (Wildman–Crippen LogP) is 2.34. The zero-order valence-electron chi connectivity index (χ0n) is 14.2. The molecule has 6 nitrogen and oxygen atoms in total. The maximum absolute atomic E-state index is 14.1. The molecule has 0 saturated heterocycles. The molecule has 0 bridgehead atoms. The number of benzene rings is 1. The van der Waals surface area contributed by atoms with Crippen molar-refractivity contribution < 1.29 is 19.1 Å². The van der Waals surface area contributed by atoms with Crippen LogP contribution in [0.1, 0.15) is 42.0 Å². The number of carbonyl (C=O) groups excluding carboxylic acids is 1. The topological polar surface area (TPSA) is 84.2 Å². The first-order valence-electron chi connectivity index (χ1n) is 8.18. The maximum atomic E-state index is 14.1. The van der Waals surface area contributed by atoms with Crippen molar-refractivity contribution in [3.05, 3.63) is 47.0 Å². The van der Waals surface area contributed by atoms with Gasteiger partial charge in [0.2, 0.25) is 0 Å². The van der Waals surface area contributed by atoms with Crippen molar-refractivity contribution >= 4 is 11.9 Å². The summed E-state index contributed by atoms with van der Waals surface area (Å²) in [7, 11) is 0. The number of carboxylic acids is 1. The van der Waals surface area contributed by atoms with Crippen LogP contribution in [0.15, 0.2) is 24.3 Å². The van der Waals surface area contributed by atoms with Crippen LogP contribution in [0.4, 0.5) is 4.39 Å². The number of hydrogen-bond donors (Lipinski definition) is 2. The molecule has 25 heavy (non-hydrogen) atoms. The van der Waals surface area contributed by atoms with Gasteiger partial charge in [0.15, 0.2) is 5.69 Å². The van der Waals surface area contributed by atoms with Crippen LogP contribution in [0, 0.1) is 11.2 Å². The molecule has 0 spiro atoms. The molecule has 7 heteroatoms. The van der Waals surface area contributed by atoms with Crippen molar-refractivity contribution in [2.24, 2.45) is 5.41 Å². The van der Waals surface area contributed by atoms with E-state index in [1.165, 1.54) is 24.6 Å². The van der Waals surface area contributed by atoms with Gasteiger partial charge in [-0.2, -0.15) is 5.10 Å². The summed E-state index contributed by atoms with van der Waals surface area (Å²) in [6.45, 7) is 3.07. The summed E-state index contributed by atoms with van der Waals surface area (Å²) in [6, 6.07) is 6.30. The molecule has 0 aliphatic heterocycles. The third-order valence-corrected chi connectivity index (χ3v) is 4.50. The van der Waals surface area contributed by atoms with Gasteiger partial charge in [-0.15, -0.1) is 0 Å². The third-order valence-electron chi connectivity index (χ3n) is 4.50. The van der Waals surface area contributed by atoms with E-state index in [9.17, 15) is 14.0 Å². The SMILES string of the molecule is CC(C)(CNC(=O)c1nn(-c2ccccc2F)c2c1CCC2)C(=O)O. The molecule has 1 heterocycles. The summed E-state index contributed by atoms with van der Waals surface area (Å²) in [5, 5.41) is 16.1. The molecular weight excluding hydrogens is 325 g/mol. The highest BCUT2D eigenvalue weighted by molar-refractivity contribution is 5.94. The Labute approximate surface area is 144 Å². The number of fused-ring (bicyclic) bond motifs is 1. The fourth-order valence-corrected chi connectivity index (χ4v) is 2.90. The minimum Gasteiger partial charge on any atom is -0.481 e. The maximum Gasteiger partial charge on any atom is 0.310 e. The molecule has 1 amide bonds. The first-order valence-corrected chi connectivity index (χ1v) is 8.18. The van der Waals surface area contributed by atoms with Crippen LogP contribution in [0.3, 0.4) is 0 Å². The smallest absolute Gasteiger partial charge is 0.310 e. The predicted molar refractivity (Wildman–Crippen MR) is 89.3 cm³/mol. The molecule has 2 aromatic rings. The van der Waals surface area contributed by atoms with E-state index in [0.29, 0.717) is 12.1 Å². The van der Waals surface area contributed by atoms with Crippen molar-refractivity contribution in [2.75, 3.05) is 6.54 Å². The molecule has 0 atom stereocenters. The molecule has 0 radical (unpaired) electrons. The van der Waals surface area contributed by atoms with Crippen LogP contribution in [-0.2, 0) is 17.6 Å². The number of aromatic nitrogens is 2. The van der Waals surface area contributed by atoms with Gasteiger partial charge < -0.3 is 10.4 Å². The zero-order chi connectivity index (χ0) is 18.2. The summed E-state index contributed by atoms with van der Waals surface area (Å²) in [5.41, 5.74) is 1.14. The highest BCUT2D eigenvalue weighted by Gasteiger charge is 2.31. The molecule has 2 N–H and O–H groups in total. The molecule has 3 rings (SSSR count). The first kappa shape index (κ1) is 17.1. The number of halogens is 1. The number of aliphatic carboxylic acids is 1. The average Bonchev–Trinajstić information content (AvgIpc) is 3.15. The molecule has 0 unspecified atom stereocenters. The standard InChI is InChI=1S/C18H20FN3O3/c1-18(2,17(24)25)10-20-16(23)15-11-6-5-9-13(11)22(21-15)14-8-4-3-7-12(14)19/h3-4,7-8H,5-6,9-10H2,1-2H3,(H,20,23)(H,24,25). The summed E-state index contributed by atoms with van der Waals surface area (Å²) >= 11 is 0. The summed E-state index contributed by atoms with van der Waals surface area (Å²) in [6.07, 6.45) is 2.31. The quantitative estimate of drug-likeness (QED) is 0.871. The molecule has 1 aromatic heterocycles. The molecule has 132 valence electrons. The zero-order valence-corrected chi connectivity index (χ0v) is 14.2. The minimum absolute atomic E-state index is 0.0114. The van der Waals surface area contributed by atoms with Crippen LogP contribution in [0.2, 0.25) is 0 Å². The number of nitrogens with zero attached hydrogens (tertiary/aromatic N) is 2. The normalized spacial score (nSPS) is 13.6. The number of rotatable bonds is 5. The van der Waals surface area contributed by atoms with E-state index in [1.54, 1.807) is 18.2 Å². The lowest BCUT2D eigenvalue weighted by atomic mass is 9.94. The van der Waals surface area contributed by atoms with Gasteiger partial charge in [0.25, 0.3) is 5.91 Å². The Kier molecular flexibility index (Phi) is 4.32. The summed E-state index contributed by atoms with van der Waals surface area (Å²) < 4.78 is 15.6. The van der Waals surface area contributed by atoms with E-state index in [4.69, 9.17) is 5.11 Å². The highest BCUT2D eigenvalue weighted by atomic mass is 19.1. The van der Waals surface area contributed by atoms with E-state index in [-0.39, 0.29) is 12.2 Å². The van der Waals surface area contributed by atoms with Crippen molar-refractivity contribution in [3.8, 4) is 5.69 Å². The molecule has 1 aromatic carbocycles. The molecule has 1 aliphatic carbocycles. The second-order valence-corrected chi connectivity index (χ2v) is 6.86. The second kappa shape index (κ2) is 6.31. The Balaban J connectivity index is 1.91. The fourth-order valence-electron chi connectivity index (χ4n) is 2.90. The van der Waals surface area contributed by atoms with E-state index >= 15 is 0 Å². The Morgan fingerprint density at radius 3 is 2.72 bits per heavy atom. The number of carbonyl (C=O) groups is 2. The number of hydrogen-bond acceptors (Lipinski definition) is 3. The second-order valence-electron chi connectivity index (χ2n) is 6.86.